The van der Waals surface area contributed by atoms with Crippen LogP contribution in [0, 0.1) is 5.92 Å². The largest absolute Gasteiger partial charge is 0.497 e. The Kier molecular flexibility index (Phi) is 4.62. The predicted molar refractivity (Wildman–Crippen MR) is 89.2 cm³/mol. The van der Waals surface area contributed by atoms with Crippen molar-refractivity contribution in [1.82, 2.24) is 5.32 Å². The zero-order valence-corrected chi connectivity index (χ0v) is 13.1. The van der Waals surface area contributed by atoms with Gasteiger partial charge in [0.2, 0.25) is 5.91 Å². The maximum atomic E-state index is 11.6. The van der Waals surface area contributed by atoms with Crippen molar-refractivity contribution >= 4 is 16.7 Å². The average molecular weight is 297 g/mol. The smallest absolute Gasteiger partial charge is 0.223 e. The van der Waals surface area contributed by atoms with Crippen LogP contribution in [0.5, 0.6) is 5.75 Å². The molecule has 0 heterocycles. The van der Waals surface area contributed by atoms with Crippen molar-refractivity contribution in [2.45, 2.75) is 32.1 Å². The van der Waals surface area contributed by atoms with E-state index in [0.717, 1.165) is 44.4 Å². The van der Waals surface area contributed by atoms with E-state index in [4.69, 9.17) is 4.74 Å². The Morgan fingerprint density at radius 3 is 2.86 bits per heavy atom. The molecule has 3 heteroatoms. The predicted octanol–water partition coefficient (Wildman–Crippen LogP) is 3.70. The fraction of sp³-hybridized carbons (Fsp3) is 0.421. The summed E-state index contributed by atoms with van der Waals surface area (Å²) in [7, 11) is 1.70. The molecule has 3 nitrogen and oxygen atoms in total. The number of hydrogen-bond donors (Lipinski definition) is 1. The first-order valence-electron chi connectivity index (χ1n) is 8.11. The highest BCUT2D eigenvalue weighted by Gasteiger charge is 2.28. The summed E-state index contributed by atoms with van der Waals surface area (Å²) < 4.78 is 5.33. The number of fused-ring (bicyclic) bond motifs is 1. The monoisotopic (exact) mass is 297 g/mol. The van der Waals surface area contributed by atoms with E-state index in [1.165, 1.54) is 16.3 Å². The van der Waals surface area contributed by atoms with Crippen molar-refractivity contribution < 1.29 is 9.53 Å². The molecule has 1 amide bonds. The number of amides is 1. The van der Waals surface area contributed by atoms with E-state index in [2.05, 4.69) is 35.6 Å². The fourth-order valence-corrected chi connectivity index (χ4v) is 2.80. The highest BCUT2D eigenvalue weighted by molar-refractivity contribution is 5.87. The Balaban J connectivity index is 1.55. The van der Waals surface area contributed by atoms with Gasteiger partial charge in [-0.25, -0.2) is 0 Å². The lowest BCUT2D eigenvalue weighted by molar-refractivity contribution is -0.122. The van der Waals surface area contributed by atoms with E-state index >= 15 is 0 Å². The summed E-state index contributed by atoms with van der Waals surface area (Å²) in [5.41, 5.74) is 1.35. The van der Waals surface area contributed by atoms with Crippen molar-refractivity contribution in [3.05, 3.63) is 42.0 Å². The molecule has 0 saturated heterocycles. The van der Waals surface area contributed by atoms with Gasteiger partial charge in [-0.15, -0.1) is 0 Å². The third-order valence-electron chi connectivity index (χ3n) is 4.30. The van der Waals surface area contributed by atoms with E-state index in [-0.39, 0.29) is 5.91 Å². The van der Waals surface area contributed by atoms with Crippen molar-refractivity contribution in [3.8, 4) is 5.75 Å². The number of hydrogen-bond acceptors (Lipinski definition) is 2. The Morgan fingerprint density at radius 1 is 1.23 bits per heavy atom. The van der Waals surface area contributed by atoms with Crippen LogP contribution in [0.15, 0.2) is 36.4 Å². The minimum Gasteiger partial charge on any atom is -0.497 e. The van der Waals surface area contributed by atoms with Gasteiger partial charge in [0.05, 0.1) is 7.11 Å². The summed E-state index contributed by atoms with van der Waals surface area (Å²) in [6.45, 7) is 0.795. The summed E-state index contributed by atoms with van der Waals surface area (Å²) >= 11 is 0. The second kappa shape index (κ2) is 6.82. The van der Waals surface area contributed by atoms with Crippen LogP contribution in [0.1, 0.15) is 31.2 Å². The number of nitrogens with one attached hydrogen (secondary N) is 1. The van der Waals surface area contributed by atoms with Gasteiger partial charge in [0.1, 0.15) is 5.75 Å². The number of rotatable bonds is 7. The molecule has 3 rings (SSSR count). The SMILES string of the molecule is COc1ccc2cccc(CCCCNC(=O)C3CC3)c2c1. The molecule has 116 valence electrons. The molecule has 0 spiro atoms. The van der Waals surface area contributed by atoms with E-state index in [0.29, 0.717) is 5.92 Å². The van der Waals surface area contributed by atoms with E-state index in [9.17, 15) is 4.79 Å². The lowest BCUT2D eigenvalue weighted by Gasteiger charge is -2.09. The molecule has 1 fully saturated rings. The Bertz CT molecular complexity index is 662. The van der Waals surface area contributed by atoms with Crippen molar-refractivity contribution in [2.24, 2.45) is 5.92 Å². The Morgan fingerprint density at radius 2 is 2.09 bits per heavy atom. The molecule has 1 aliphatic rings. The van der Waals surface area contributed by atoms with Gasteiger partial charge in [-0.1, -0.05) is 24.3 Å². The quantitative estimate of drug-likeness (QED) is 0.791. The number of benzene rings is 2. The Labute approximate surface area is 131 Å². The maximum Gasteiger partial charge on any atom is 0.223 e. The summed E-state index contributed by atoms with van der Waals surface area (Å²) in [6, 6.07) is 12.6. The van der Waals surface area contributed by atoms with Crippen molar-refractivity contribution in [2.75, 3.05) is 13.7 Å². The summed E-state index contributed by atoms with van der Waals surface area (Å²) in [6.07, 6.45) is 5.29. The maximum absolute atomic E-state index is 11.6. The van der Waals surface area contributed by atoms with Gasteiger partial charge in [-0.2, -0.15) is 0 Å². The lowest BCUT2D eigenvalue weighted by Crippen LogP contribution is -2.25. The van der Waals surface area contributed by atoms with Crippen LogP contribution in [-0.4, -0.2) is 19.6 Å². The summed E-state index contributed by atoms with van der Waals surface area (Å²) in [5.74, 6) is 1.46. The fourth-order valence-electron chi connectivity index (χ4n) is 2.80. The molecule has 0 aliphatic heterocycles. The first-order valence-corrected chi connectivity index (χ1v) is 8.11. The first-order chi connectivity index (χ1) is 10.8. The summed E-state index contributed by atoms with van der Waals surface area (Å²) in [5, 5.41) is 5.55. The molecule has 1 aliphatic carbocycles. The zero-order valence-electron chi connectivity index (χ0n) is 13.1. The van der Waals surface area contributed by atoms with Crippen LogP contribution in [0.3, 0.4) is 0 Å². The van der Waals surface area contributed by atoms with Gasteiger partial charge in [-0.05, 0) is 60.6 Å². The number of ether oxygens (including phenoxy) is 1. The van der Waals surface area contributed by atoms with Crippen LogP contribution < -0.4 is 10.1 Å². The normalized spacial score (nSPS) is 14.0. The number of carbonyl (C=O) groups is 1. The highest BCUT2D eigenvalue weighted by Crippen LogP contribution is 2.28. The lowest BCUT2D eigenvalue weighted by atomic mass is 10.00. The molecule has 1 N–H and O–H groups in total. The van der Waals surface area contributed by atoms with Crippen LogP contribution in [-0.2, 0) is 11.2 Å². The van der Waals surface area contributed by atoms with Gasteiger partial charge in [0, 0.05) is 12.5 Å². The van der Waals surface area contributed by atoms with E-state index in [1.807, 2.05) is 6.07 Å². The topological polar surface area (TPSA) is 38.3 Å². The van der Waals surface area contributed by atoms with E-state index in [1.54, 1.807) is 7.11 Å². The molecule has 0 aromatic heterocycles. The van der Waals surface area contributed by atoms with E-state index < -0.39 is 0 Å². The van der Waals surface area contributed by atoms with Gasteiger partial charge >= 0.3 is 0 Å². The highest BCUT2D eigenvalue weighted by atomic mass is 16.5. The Hall–Kier alpha value is -2.03. The molecule has 22 heavy (non-hydrogen) atoms. The number of methoxy groups -OCH3 is 1. The zero-order chi connectivity index (χ0) is 15.4. The second-order valence-corrected chi connectivity index (χ2v) is 6.03. The number of unbranched alkanes of at least 4 members (excludes halogenated alkanes) is 1. The summed E-state index contributed by atoms with van der Waals surface area (Å²) in [4.78, 5) is 11.6. The minimum absolute atomic E-state index is 0.245. The van der Waals surface area contributed by atoms with Crippen LogP contribution in [0.4, 0.5) is 0 Å². The molecular formula is C19H23NO2. The molecule has 0 radical (unpaired) electrons. The van der Waals surface area contributed by atoms with Crippen molar-refractivity contribution in [1.29, 1.82) is 0 Å². The van der Waals surface area contributed by atoms with Gasteiger partial charge in [-0.3, -0.25) is 4.79 Å². The van der Waals surface area contributed by atoms with Gasteiger partial charge in [0.15, 0.2) is 0 Å². The molecule has 2 aromatic carbocycles. The minimum atomic E-state index is 0.245. The third kappa shape index (κ3) is 3.59. The van der Waals surface area contributed by atoms with Crippen LogP contribution in [0.25, 0.3) is 10.8 Å². The van der Waals surface area contributed by atoms with Crippen LogP contribution in [0.2, 0.25) is 0 Å². The first kappa shape index (κ1) is 14.9. The van der Waals surface area contributed by atoms with Gasteiger partial charge < -0.3 is 10.1 Å². The third-order valence-corrected chi connectivity index (χ3v) is 4.30. The van der Waals surface area contributed by atoms with Crippen LogP contribution >= 0.6 is 0 Å². The van der Waals surface area contributed by atoms with Gasteiger partial charge in [0.25, 0.3) is 0 Å². The molecule has 0 unspecified atom stereocenters. The molecule has 2 aromatic rings. The molecule has 0 atom stereocenters. The second-order valence-electron chi connectivity index (χ2n) is 6.03. The molecule has 1 saturated carbocycles. The number of aryl methyl sites for hydroxylation is 1. The van der Waals surface area contributed by atoms with Crippen molar-refractivity contribution in [3.63, 3.8) is 0 Å². The standard InChI is InChI=1S/C19H23NO2/c1-22-17-11-10-15-7-4-6-14(18(15)13-17)5-2-3-12-20-19(21)16-8-9-16/h4,6-7,10-11,13,16H,2-3,5,8-9,12H2,1H3,(H,20,21). The number of carbonyl (C=O) groups excluding carboxylic acids is 1. The average Bonchev–Trinajstić information content (AvgIpc) is 3.39. The molecular weight excluding hydrogens is 274 g/mol. The molecule has 0 bridgehead atoms.